The number of aryl methyl sites for hydroxylation is 2. The second-order valence-corrected chi connectivity index (χ2v) is 8.72. The van der Waals surface area contributed by atoms with Crippen LogP contribution in [0.3, 0.4) is 0 Å². The lowest BCUT2D eigenvalue weighted by Gasteiger charge is -2.19. The summed E-state index contributed by atoms with van der Waals surface area (Å²) in [7, 11) is 4.71. The van der Waals surface area contributed by atoms with E-state index in [4.69, 9.17) is 29.4 Å². The Morgan fingerprint density at radius 2 is 1.82 bits per heavy atom. The smallest absolute Gasteiger partial charge is 0.220 e. The molecule has 2 aromatic carbocycles. The van der Waals surface area contributed by atoms with Crippen LogP contribution in [0.25, 0.3) is 11.1 Å². The molecule has 4 rings (SSSR count). The molecular formula is C26H31NO7. The highest BCUT2D eigenvalue weighted by Crippen LogP contribution is 2.51. The second kappa shape index (κ2) is 9.93. The molecule has 34 heavy (non-hydrogen) atoms. The number of rotatable bonds is 7. The zero-order chi connectivity index (χ0) is 24.4. The van der Waals surface area contributed by atoms with Crippen LogP contribution >= 0.6 is 0 Å². The van der Waals surface area contributed by atoms with Gasteiger partial charge in [-0.3, -0.25) is 9.59 Å². The van der Waals surface area contributed by atoms with Gasteiger partial charge in [-0.25, -0.2) is 0 Å². The molecule has 0 radical (unpaired) electrons. The Morgan fingerprint density at radius 3 is 2.44 bits per heavy atom. The maximum Gasteiger partial charge on any atom is 0.220 e. The molecule has 2 aliphatic rings. The third-order valence-corrected chi connectivity index (χ3v) is 6.54. The lowest BCUT2D eigenvalue weighted by molar-refractivity contribution is -0.118. The molecule has 8 nitrogen and oxygen atoms in total. The number of hydrogen-bond donors (Lipinski definition) is 1. The van der Waals surface area contributed by atoms with Crippen molar-refractivity contribution in [3.8, 4) is 34.1 Å². The maximum absolute atomic E-state index is 13.4. The van der Waals surface area contributed by atoms with Gasteiger partial charge in [0.1, 0.15) is 6.10 Å². The Hall–Kier alpha value is -3.26. The zero-order valence-electron chi connectivity index (χ0n) is 20.1. The molecule has 0 bridgehead atoms. The molecule has 0 spiro atoms. The average molecular weight is 470 g/mol. The van der Waals surface area contributed by atoms with Crippen LogP contribution in [0, 0.1) is 6.92 Å². The molecule has 8 heteroatoms. The highest BCUT2D eigenvalue weighted by molar-refractivity contribution is 5.84. The van der Waals surface area contributed by atoms with Crippen LogP contribution in [-0.2, 0) is 16.0 Å². The minimum Gasteiger partial charge on any atom is -0.493 e. The Bertz CT molecular complexity index is 1150. The van der Waals surface area contributed by atoms with E-state index in [0.717, 1.165) is 28.7 Å². The molecule has 1 heterocycles. The summed E-state index contributed by atoms with van der Waals surface area (Å²) < 4.78 is 28.5. The summed E-state index contributed by atoms with van der Waals surface area (Å²) in [5.41, 5.74) is 9.40. The van der Waals surface area contributed by atoms with Gasteiger partial charge in [0.25, 0.3) is 0 Å². The van der Waals surface area contributed by atoms with E-state index >= 15 is 0 Å². The second-order valence-electron chi connectivity index (χ2n) is 8.72. The summed E-state index contributed by atoms with van der Waals surface area (Å²) >= 11 is 0. The van der Waals surface area contributed by atoms with Crippen molar-refractivity contribution in [2.45, 2.75) is 44.6 Å². The van der Waals surface area contributed by atoms with Gasteiger partial charge in [0, 0.05) is 18.4 Å². The first-order valence-corrected chi connectivity index (χ1v) is 11.4. The molecule has 2 atom stereocenters. The third-order valence-electron chi connectivity index (χ3n) is 6.54. The van der Waals surface area contributed by atoms with Crippen molar-refractivity contribution in [1.29, 1.82) is 0 Å². The fourth-order valence-electron chi connectivity index (χ4n) is 4.96. The molecule has 1 fully saturated rings. The Kier molecular flexibility index (Phi) is 6.97. The summed E-state index contributed by atoms with van der Waals surface area (Å²) in [4.78, 5) is 25.3. The van der Waals surface area contributed by atoms with E-state index in [-0.39, 0.29) is 23.9 Å². The van der Waals surface area contributed by atoms with Crippen molar-refractivity contribution >= 4 is 5.91 Å². The van der Waals surface area contributed by atoms with Crippen LogP contribution in [0.2, 0.25) is 0 Å². The molecule has 1 amide bonds. The normalized spacial score (nSPS) is 18.9. The molecular weight excluding hydrogens is 438 g/mol. The number of carbonyl (C=O) groups excluding carboxylic acids is 1. The molecule has 182 valence electrons. The predicted octanol–water partition coefficient (Wildman–Crippen LogP) is 3.12. The number of primary amides is 1. The Balaban J connectivity index is 2.01. The fraction of sp³-hybridized carbons (Fsp3) is 0.462. The molecule has 0 aromatic heterocycles. The summed E-state index contributed by atoms with van der Waals surface area (Å²) in [6.45, 7) is 2.92. The lowest BCUT2D eigenvalue weighted by atomic mass is 9.89. The molecule has 0 saturated carbocycles. The highest BCUT2D eigenvalue weighted by Gasteiger charge is 2.30. The molecule has 1 saturated heterocycles. The number of methoxy groups -OCH3 is 3. The first kappa shape index (κ1) is 23.9. The van der Waals surface area contributed by atoms with Gasteiger partial charge in [0.05, 0.1) is 34.5 Å². The summed E-state index contributed by atoms with van der Waals surface area (Å²) in [6, 6.07) is 5.46. The Labute approximate surface area is 198 Å². The standard InChI is InChI=1S/C26H31NO7/c1-14-9-19-18(12-20(28)24(14)34-17-7-8-33-13-17)15(11-22(27)29)5-6-16-10-21(30-2)25(31-3)26(32-4)23(16)19/h9-10,12,15,17H,5-8,11,13H2,1-4H3,(H2,27,29)/t15-,17+/m0/s1. The summed E-state index contributed by atoms with van der Waals surface area (Å²) in [6.07, 6.45) is 1.98. The molecule has 2 N–H and O–H groups in total. The zero-order valence-corrected chi connectivity index (χ0v) is 20.1. The Morgan fingerprint density at radius 1 is 1.06 bits per heavy atom. The van der Waals surface area contributed by atoms with Crippen LogP contribution in [-0.4, -0.2) is 46.6 Å². The fourth-order valence-corrected chi connectivity index (χ4v) is 4.96. The van der Waals surface area contributed by atoms with Gasteiger partial charge >= 0.3 is 0 Å². The van der Waals surface area contributed by atoms with Gasteiger partial charge in [-0.2, -0.15) is 0 Å². The van der Waals surface area contributed by atoms with Gasteiger partial charge in [0.2, 0.25) is 17.1 Å². The lowest BCUT2D eigenvalue weighted by Crippen LogP contribution is -2.20. The van der Waals surface area contributed by atoms with E-state index in [2.05, 4.69) is 0 Å². The van der Waals surface area contributed by atoms with Crippen LogP contribution in [0.5, 0.6) is 23.0 Å². The van der Waals surface area contributed by atoms with Crippen molar-refractivity contribution in [1.82, 2.24) is 0 Å². The van der Waals surface area contributed by atoms with Gasteiger partial charge in [-0.05, 0) is 66.1 Å². The van der Waals surface area contributed by atoms with E-state index in [0.29, 0.717) is 54.6 Å². The third kappa shape index (κ3) is 4.42. The highest BCUT2D eigenvalue weighted by atomic mass is 16.5. The largest absolute Gasteiger partial charge is 0.493 e. The number of carbonyl (C=O) groups is 1. The quantitative estimate of drug-likeness (QED) is 0.664. The molecule has 1 aliphatic carbocycles. The van der Waals surface area contributed by atoms with Crippen LogP contribution < -0.4 is 30.1 Å². The number of nitrogens with two attached hydrogens (primary N) is 1. The monoisotopic (exact) mass is 469 g/mol. The summed E-state index contributed by atoms with van der Waals surface area (Å²) in [5, 5.41) is 0. The number of fused-ring (bicyclic) bond motifs is 3. The van der Waals surface area contributed by atoms with E-state index in [1.807, 2.05) is 19.1 Å². The summed E-state index contributed by atoms with van der Waals surface area (Å²) in [5.74, 6) is 1.18. The average Bonchev–Trinajstić information content (AvgIpc) is 3.25. The van der Waals surface area contributed by atoms with E-state index < -0.39 is 5.91 Å². The molecule has 2 aromatic rings. The minimum atomic E-state index is -0.417. The van der Waals surface area contributed by atoms with Gasteiger partial charge < -0.3 is 29.4 Å². The SMILES string of the molecule is COc1cc2c(c(OC)c1OC)-c1cc(C)c(O[C@@H]3CCOC3)c(=O)cc1[C@H](CC(N)=O)CC2. The van der Waals surface area contributed by atoms with Gasteiger partial charge in [-0.15, -0.1) is 0 Å². The van der Waals surface area contributed by atoms with Crippen LogP contribution in [0.15, 0.2) is 23.0 Å². The van der Waals surface area contributed by atoms with Crippen LogP contribution in [0.4, 0.5) is 0 Å². The maximum atomic E-state index is 13.4. The van der Waals surface area contributed by atoms with E-state index in [9.17, 15) is 9.59 Å². The first-order chi connectivity index (χ1) is 16.4. The topological polar surface area (TPSA) is 106 Å². The van der Waals surface area contributed by atoms with Crippen molar-refractivity contribution in [3.05, 3.63) is 45.1 Å². The van der Waals surface area contributed by atoms with Crippen molar-refractivity contribution in [3.63, 3.8) is 0 Å². The minimum absolute atomic E-state index is 0.132. The number of benzene rings is 1. The molecule has 0 unspecified atom stereocenters. The number of amides is 1. The first-order valence-electron chi connectivity index (χ1n) is 11.4. The number of ether oxygens (including phenoxy) is 5. The van der Waals surface area contributed by atoms with E-state index in [1.54, 1.807) is 27.4 Å². The van der Waals surface area contributed by atoms with Gasteiger partial charge in [-0.1, -0.05) is 0 Å². The van der Waals surface area contributed by atoms with Crippen LogP contribution in [0.1, 0.15) is 41.9 Å². The van der Waals surface area contributed by atoms with Crippen molar-refractivity contribution in [2.75, 3.05) is 34.5 Å². The van der Waals surface area contributed by atoms with E-state index in [1.165, 1.54) is 0 Å². The predicted molar refractivity (Wildman–Crippen MR) is 127 cm³/mol. The van der Waals surface area contributed by atoms with Crippen molar-refractivity contribution in [2.24, 2.45) is 5.73 Å². The number of hydrogen-bond acceptors (Lipinski definition) is 7. The van der Waals surface area contributed by atoms with Gasteiger partial charge in [0.15, 0.2) is 17.2 Å². The van der Waals surface area contributed by atoms with Crippen molar-refractivity contribution < 1.29 is 28.5 Å². The molecule has 1 aliphatic heterocycles.